The molecule has 152 valence electrons. The third kappa shape index (κ3) is 5.94. The van der Waals surface area contributed by atoms with E-state index in [1.807, 2.05) is 42.5 Å². The second-order valence-electron chi connectivity index (χ2n) is 6.28. The number of rotatable bonds is 9. The molecule has 0 radical (unpaired) electrons. The van der Waals surface area contributed by atoms with Gasteiger partial charge in [0.05, 0.1) is 9.79 Å². The molecule has 2 N–H and O–H groups in total. The highest BCUT2D eigenvalue weighted by Crippen LogP contribution is 2.15. The zero-order valence-electron chi connectivity index (χ0n) is 15.5. The number of sulfonamides is 2. The minimum atomic E-state index is -3.74. The Labute approximate surface area is 170 Å². The standard InChI is InChI=1S/C20H21N3O4S2/c24-28(25,22-15-12-17-10-13-21-14-11-17)19-6-8-20(9-7-19)29(26,27)23-16-18-4-2-1-3-5-18/h1-11,13-14,22-23H,12,15-16H2. The van der Waals surface area contributed by atoms with Crippen molar-refractivity contribution in [2.75, 3.05) is 6.54 Å². The first-order valence-corrected chi connectivity index (χ1v) is 11.9. The van der Waals surface area contributed by atoms with E-state index < -0.39 is 20.0 Å². The molecule has 3 aromatic rings. The molecule has 7 nitrogen and oxygen atoms in total. The van der Waals surface area contributed by atoms with Crippen molar-refractivity contribution in [2.45, 2.75) is 22.8 Å². The van der Waals surface area contributed by atoms with Gasteiger partial charge < -0.3 is 0 Å². The molecule has 1 heterocycles. The van der Waals surface area contributed by atoms with E-state index in [9.17, 15) is 16.8 Å². The highest BCUT2D eigenvalue weighted by atomic mass is 32.2. The molecule has 0 amide bonds. The Morgan fingerprint density at radius 2 is 1.21 bits per heavy atom. The smallest absolute Gasteiger partial charge is 0.240 e. The molecule has 0 spiro atoms. The van der Waals surface area contributed by atoms with Crippen LogP contribution in [0.4, 0.5) is 0 Å². The van der Waals surface area contributed by atoms with Gasteiger partial charge in [-0.15, -0.1) is 0 Å². The maximum absolute atomic E-state index is 12.4. The molecule has 0 aliphatic rings. The topological polar surface area (TPSA) is 105 Å². The number of hydrogen-bond acceptors (Lipinski definition) is 5. The monoisotopic (exact) mass is 431 g/mol. The number of hydrogen-bond donors (Lipinski definition) is 2. The lowest BCUT2D eigenvalue weighted by atomic mass is 10.2. The summed E-state index contributed by atoms with van der Waals surface area (Å²) in [5.41, 5.74) is 1.79. The molecule has 0 unspecified atom stereocenters. The van der Waals surface area contributed by atoms with Crippen molar-refractivity contribution in [2.24, 2.45) is 0 Å². The van der Waals surface area contributed by atoms with Crippen LogP contribution in [0.1, 0.15) is 11.1 Å². The first kappa shape index (κ1) is 21.1. The summed E-state index contributed by atoms with van der Waals surface area (Å²) in [6, 6.07) is 17.9. The van der Waals surface area contributed by atoms with Crippen molar-refractivity contribution in [3.05, 3.63) is 90.3 Å². The molecule has 3 rings (SSSR count). The fraction of sp³-hybridized carbons (Fsp3) is 0.150. The summed E-state index contributed by atoms with van der Waals surface area (Å²) in [4.78, 5) is 3.93. The van der Waals surface area contributed by atoms with Crippen molar-refractivity contribution in [3.63, 3.8) is 0 Å². The van der Waals surface area contributed by atoms with Gasteiger partial charge in [0.1, 0.15) is 0 Å². The van der Waals surface area contributed by atoms with Gasteiger partial charge in [-0.25, -0.2) is 26.3 Å². The van der Waals surface area contributed by atoms with Gasteiger partial charge in [0.2, 0.25) is 20.0 Å². The van der Waals surface area contributed by atoms with E-state index in [4.69, 9.17) is 0 Å². The zero-order chi connectivity index (χ0) is 20.7. The number of nitrogens with zero attached hydrogens (tertiary/aromatic N) is 1. The van der Waals surface area contributed by atoms with Crippen LogP contribution in [0.5, 0.6) is 0 Å². The Morgan fingerprint density at radius 3 is 1.79 bits per heavy atom. The van der Waals surface area contributed by atoms with E-state index in [1.165, 1.54) is 24.3 Å². The molecule has 29 heavy (non-hydrogen) atoms. The predicted octanol–water partition coefficient (Wildman–Crippen LogP) is 2.08. The molecule has 0 saturated carbocycles. The van der Waals surface area contributed by atoms with E-state index in [-0.39, 0.29) is 22.9 Å². The predicted molar refractivity (Wildman–Crippen MR) is 110 cm³/mol. The molecule has 0 bridgehead atoms. The third-order valence-electron chi connectivity index (χ3n) is 4.21. The quantitative estimate of drug-likeness (QED) is 0.540. The van der Waals surface area contributed by atoms with E-state index >= 15 is 0 Å². The Morgan fingerprint density at radius 1 is 0.655 bits per heavy atom. The summed E-state index contributed by atoms with van der Waals surface area (Å²) in [6.07, 6.45) is 3.82. The fourth-order valence-corrected chi connectivity index (χ4v) is 4.67. The maximum Gasteiger partial charge on any atom is 0.240 e. The Balaban J connectivity index is 1.62. The zero-order valence-corrected chi connectivity index (χ0v) is 17.2. The molecule has 0 saturated heterocycles. The van der Waals surface area contributed by atoms with Gasteiger partial charge in [0.25, 0.3) is 0 Å². The van der Waals surface area contributed by atoms with Gasteiger partial charge in [-0.3, -0.25) is 4.98 Å². The average Bonchev–Trinajstić information content (AvgIpc) is 2.74. The van der Waals surface area contributed by atoms with Crippen LogP contribution < -0.4 is 9.44 Å². The third-order valence-corrected chi connectivity index (χ3v) is 7.10. The summed E-state index contributed by atoms with van der Waals surface area (Å²) in [7, 11) is -7.47. The second kappa shape index (κ2) is 9.27. The highest BCUT2D eigenvalue weighted by molar-refractivity contribution is 7.90. The number of pyridine rings is 1. The van der Waals surface area contributed by atoms with Gasteiger partial charge in [-0.1, -0.05) is 30.3 Å². The van der Waals surface area contributed by atoms with E-state index in [1.54, 1.807) is 12.4 Å². The van der Waals surface area contributed by atoms with Crippen LogP contribution in [-0.4, -0.2) is 28.4 Å². The van der Waals surface area contributed by atoms with Gasteiger partial charge in [-0.05, 0) is 53.9 Å². The van der Waals surface area contributed by atoms with Gasteiger partial charge in [0.15, 0.2) is 0 Å². The van der Waals surface area contributed by atoms with Crippen molar-refractivity contribution >= 4 is 20.0 Å². The summed E-state index contributed by atoms with van der Waals surface area (Å²) >= 11 is 0. The average molecular weight is 432 g/mol. The molecule has 1 aromatic heterocycles. The van der Waals surface area contributed by atoms with Crippen LogP contribution in [0.25, 0.3) is 0 Å². The van der Waals surface area contributed by atoms with Crippen LogP contribution in [0, 0.1) is 0 Å². The van der Waals surface area contributed by atoms with Crippen molar-refractivity contribution in [1.29, 1.82) is 0 Å². The van der Waals surface area contributed by atoms with Crippen molar-refractivity contribution < 1.29 is 16.8 Å². The number of nitrogens with one attached hydrogen (secondary N) is 2. The molecular formula is C20H21N3O4S2. The summed E-state index contributed by atoms with van der Waals surface area (Å²) in [6.45, 7) is 0.380. The first-order chi connectivity index (χ1) is 13.9. The van der Waals surface area contributed by atoms with Crippen molar-refractivity contribution in [1.82, 2.24) is 14.4 Å². The van der Waals surface area contributed by atoms with E-state index in [2.05, 4.69) is 14.4 Å². The molecule has 0 fully saturated rings. The number of benzene rings is 2. The second-order valence-corrected chi connectivity index (χ2v) is 9.82. The Kier molecular flexibility index (Phi) is 6.75. The summed E-state index contributed by atoms with van der Waals surface area (Å²) in [5.74, 6) is 0. The lowest BCUT2D eigenvalue weighted by Crippen LogP contribution is -2.26. The number of aromatic nitrogens is 1. The molecule has 0 aliphatic carbocycles. The minimum absolute atomic E-state index is 0.00386. The van der Waals surface area contributed by atoms with Gasteiger partial charge in [0, 0.05) is 25.5 Å². The highest BCUT2D eigenvalue weighted by Gasteiger charge is 2.17. The molecule has 9 heteroatoms. The Hall–Kier alpha value is -2.59. The maximum atomic E-state index is 12.4. The summed E-state index contributed by atoms with van der Waals surface area (Å²) < 4.78 is 54.7. The Bertz CT molecular complexity index is 1130. The van der Waals surface area contributed by atoms with Gasteiger partial charge >= 0.3 is 0 Å². The minimum Gasteiger partial charge on any atom is -0.265 e. The summed E-state index contributed by atoms with van der Waals surface area (Å²) in [5, 5.41) is 0. The molecular weight excluding hydrogens is 410 g/mol. The molecule has 0 aliphatic heterocycles. The van der Waals surface area contributed by atoms with Crippen LogP contribution in [-0.2, 0) is 33.0 Å². The SMILES string of the molecule is O=S(=O)(NCCc1ccncc1)c1ccc(S(=O)(=O)NCc2ccccc2)cc1. The lowest BCUT2D eigenvalue weighted by molar-refractivity contribution is 0.577. The molecule has 2 aromatic carbocycles. The van der Waals surface area contributed by atoms with Crippen LogP contribution in [0.3, 0.4) is 0 Å². The van der Waals surface area contributed by atoms with Crippen LogP contribution in [0.2, 0.25) is 0 Å². The first-order valence-electron chi connectivity index (χ1n) is 8.89. The largest absolute Gasteiger partial charge is 0.265 e. The lowest BCUT2D eigenvalue weighted by Gasteiger charge is -2.09. The van der Waals surface area contributed by atoms with Crippen LogP contribution in [0.15, 0.2) is 88.9 Å². The molecule has 0 atom stereocenters. The van der Waals surface area contributed by atoms with E-state index in [0.717, 1.165) is 11.1 Å². The normalized spacial score (nSPS) is 12.0. The van der Waals surface area contributed by atoms with Crippen LogP contribution >= 0.6 is 0 Å². The fourth-order valence-electron chi connectivity index (χ4n) is 2.62. The van der Waals surface area contributed by atoms with Gasteiger partial charge in [-0.2, -0.15) is 0 Å². The van der Waals surface area contributed by atoms with E-state index in [0.29, 0.717) is 6.42 Å². The van der Waals surface area contributed by atoms with Crippen molar-refractivity contribution in [3.8, 4) is 0 Å².